The number of nitrogens with zero attached hydrogens (tertiary/aromatic N) is 4. The quantitative estimate of drug-likeness (QED) is 0.218. The predicted molar refractivity (Wildman–Crippen MR) is 119 cm³/mol. The normalized spacial score (nSPS) is 10.5. The number of hydrogen-bond donors (Lipinski definition) is 1. The maximum absolute atomic E-state index is 12.3. The molecule has 31 heavy (non-hydrogen) atoms. The molecule has 0 spiro atoms. The van der Waals surface area contributed by atoms with E-state index < -0.39 is 4.92 Å². The summed E-state index contributed by atoms with van der Waals surface area (Å²) >= 11 is 1.24. The number of thioether (sulfide) groups is 1. The van der Waals surface area contributed by atoms with Gasteiger partial charge in [0.1, 0.15) is 5.75 Å². The summed E-state index contributed by atoms with van der Waals surface area (Å²) in [5.41, 5.74) is 1.25. The van der Waals surface area contributed by atoms with Crippen LogP contribution in [0.2, 0.25) is 0 Å². The zero-order valence-electron chi connectivity index (χ0n) is 16.9. The monoisotopic (exact) mass is 439 g/mol. The van der Waals surface area contributed by atoms with Crippen LogP contribution in [0.4, 0.5) is 11.4 Å². The summed E-state index contributed by atoms with van der Waals surface area (Å²) in [6, 6.07) is 13.2. The number of nitrogens with one attached hydrogen (secondary N) is 1. The SMILES string of the molecule is C=CCn1c(SCC(=O)Nc2ccc([N+](=O)[O-])cc2)nnc1-c1ccccc1OCC. The second-order valence-electron chi connectivity index (χ2n) is 6.28. The number of para-hydroxylation sites is 1. The Morgan fingerprint density at radius 3 is 2.68 bits per heavy atom. The third-order valence-corrected chi connectivity index (χ3v) is 5.12. The number of allylic oxidation sites excluding steroid dienone is 1. The van der Waals surface area contributed by atoms with Gasteiger partial charge in [-0.2, -0.15) is 0 Å². The van der Waals surface area contributed by atoms with E-state index >= 15 is 0 Å². The van der Waals surface area contributed by atoms with Crippen molar-refractivity contribution in [1.29, 1.82) is 0 Å². The van der Waals surface area contributed by atoms with Crippen LogP contribution in [0.1, 0.15) is 6.92 Å². The van der Waals surface area contributed by atoms with Gasteiger partial charge >= 0.3 is 0 Å². The molecule has 0 saturated heterocycles. The van der Waals surface area contributed by atoms with Gasteiger partial charge in [-0.25, -0.2) is 0 Å². The molecule has 0 radical (unpaired) electrons. The fourth-order valence-electron chi connectivity index (χ4n) is 2.81. The number of nitro groups is 1. The lowest BCUT2D eigenvalue weighted by molar-refractivity contribution is -0.384. The zero-order chi connectivity index (χ0) is 22.2. The molecule has 10 heteroatoms. The molecule has 0 aliphatic heterocycles. The molecule has 0 fully saturated rings. The van der Waals surface area contributed by atoms with Crippen LogP contribution in [0.15, 0.2) is 66.3 Å². The van der Waals surface area contributed by atoms with Gasteiger partial charge in [-0.15, -0.1) is 16.8 Å². The minimum Gasteiger partial charge on any atom is -0.493 e. The Kier molecular flexibility index (Phi) is 7.39. The van der Waals surface area contributed by atoms with E-state index in [1.54, 1.807) is 6.08 Å². The molecule has 0 saturated carbocycles. The number of amides is 1. The van der Waals surface area contributed by atoms with E-state index in [0.717, 1.165) is 5.56 Å². The zero-order valence-corrected chi connectivity index (χ0v) is 17.7. The Balaban J connectivity index is 1.73. The fraction of sp³-hybridized carbons (Fsp3) is 0.190. The second kappa shape index (κ2) is 10.4. The summed E-state index contributed by atoms with van der Waals surface area (Å²) in [4.78, 5) is 22.6. The first-order valence-corrected chi connectivity index (χ1v) is 10.5. The smallest absolute Gasteiger partial charge is 0.269 e. The van der Waals surface area contributed by atoms with E-state index in [1.165, 1.54) is 36.0 Å². The molecule has 0 aliphatic carbocycles. The summed E-state index contributed by atoms with van der Waals surface area (Å²) in [5.74, 6) is 1.17. The first-order chi connectivity index (χ1) is 15.0. The molecule has 2 aromatic carbocycles. The second-order valence-corrected chi connectivity index (χ2v) is 7.22. The highest BCUT2D eigenvalue weighted by Gasteiger charge is 2.18. The molecule has 3 aromatic rings. The van der Waals surface area contributed by atoms with E-state index in [9.17, 15) is 14.9 Å². The van der Waals surface area contributed by atoms with Crippen molar-refractivity contribution in [3.63, 3.8) is 0 Å². The average molecular weight is 439 g/mol. The molecule has 160 valence electrons. The Bertz CT molecular complexity index is 1080. The third kappa shape index (κ3) is 5.48. The summed E-state index contributed by atoms with van der Waals surface area (Å²) in [7, 11) is 0. The molecule has 0 unspecified atom stereocenters. The van der Waals surface area contributed by atoms with Gasteiger partial charge < -0.3 is 10.1 Å². The van der Waals surface area contributed by atoms with Gasteiger partial charge in [0.05, 0.1) is 22.8 Å². The highest BCUT2D eigenvalue weighted by Crippen LogP contribution is 2.31. The van der Waals surface area contributed by atoms with Gasteiger partial charge in [-0.1, -0.05) is 30.0 Å². The molecule has 0 aliphatic rings. The molecule has 9 nitrogen and oxygen atoms in total. The van der Waals surface area contributed by atoms with E-state index in [1.807, 2.05) is 35.8 Å². The molecular formula is C21H21N5O4S. The van der Waals surface area contributed by atoms with Crippen molar-refractivity contribution in [3.05, 3.63) is 71.3 Å². The molecule has 0 atom stereocenters. The van der Waals surface area contributed by atoms with Crippen molar-refractivity contribution in [2.24, 2.45) is 0 Å². The van der Waals surface area contributed by atoms with Crippen LogP contribution in [-0.2, 0) is 11.3 Å². The Morgan fingerprint density at radius 2 is 2.00 bits per heavy atom. The van der Waals surface area contributed by atoms with Gasteiger partial charge in [0.25, 0.3) is 5.69 Å². The van der Waals surface area contributed by atoms with Crippen LogP contribution >= 0.6 is 11.8 Å². The number of ether oxygens (including phenoxy) is 1. The van der Waals surface area contributed by atoms with Crippen LogP contribution < -0.4 is 10.1 Å². The Hall–Kier alpha value is -3.66. The summed E-state index contributed by atoms with van der Waals surface area (Å²) in [5, 5.41) is 22.6. The van der Waals surface area contributed by atoms with Crippen molar-refractivity contribution in [3.8, 4) is 17.1 Å². The number of aromatic nitrogens is 3. The van der Waals surface area contributed by atoms with Crippen molar-refractivity contribution in [1.82, 2.24) is 14.8 Å². The lowest BCUT2D eigenvalue weighted by Crippen LogP contribution is -2.14. The minimum absolute atomic E-state index is 0.0373. The highest BCUT2D eigenvalue weighted by atomic mass is 32.2. The maximum atomic E-state index is 12.3. The van der Waals surface area contributed by atoms with Crippen LogP contribution in [0.25, 0.3) is 11.4 Å². The lowest BCUT2D eigenvalue weighted by Gasteiger charge is -2.11. The number of rotatable bonds is 10. The first-order valence-electron chi connectivity index (χ1n) is 9.47. The molecule has 0 bridgehead atoms. The largest absolute Gasteiger partial charge is 0.493 e. The first kappa shape index (κ1) is 22.0. The molecule has 1 amide bonds. The number of nitro benzene ring substituents is 1. The van der Waals surface area contributed by atoms with E-state index in [0.29, 0.717) is 35.6 Å². The molecular weight excluding hydrogens is 418 g/mol. The number of hydrogen-bond acceptors (Lipinski definition) is 7. The molecule has 1 heterocycles. The number of anilines is 1. The number of non-ortho nitro benzene ring substituents is 1. The summed E-state index contributed by atoms with van der Waals surface area (Å²) < 4.78 is 7.57. The van der Waals surface area contributed by atoms with Crippen LogP contribution in [0.5, 0.6) is 5.75 Å². The maximum Gasteiger partial charge on any atom is 0.269 e. The fourth-order valence-corrected chi connectivity index (χ4v) is 3.56. The summed E-state index contributed by atoms with van der Waals surface area (Å²) in [6.07, 6.45) is 1.73. The van der Waals surface area contributed by atoms with Gasteiger partial charge in [-0.05, 0) is 31.2 Å². The average Bonchev–Trinajstić information content (AvgIpc) is 3.16. The van der Waals surface area contributed by atoms with Crippen molar-refractivity contribution in [2.75, 3.05) is 17.7 Å². The van der Waals surface area contributed by atoms with Crippen LogP contribution in [-0.4, -0.2) is 38.0 Å². The number of carbonyl (C=O) groups is 1. The lowest BCUT2D eigenvalue weighted by atomic mass is 10.2. The van der Waals surface area contributed by atoms with E-state index in [4.69, 9.17) is 4.74 Å². The minimum atomic E-state index is -0.491. The predicted octanol–water partition coefficient (Wildman–Crippen LogP) is 4.17. The van der Waals surface area contributed by atoms with Crippen molar-refractivity contribution in [2.45, 2.75) is 18.6 Å². The van der Waals surface area contributed by atoms with Crippen LogP contribution in [0.3, 0.4) is 0 Å². The van der Waals surface area contributed by atoms with Gasteiger partial charge in [-0.3, -0.25) is 19.5 Å². The number of carbonyl (C=O) groups excluding carboxylic acids is 1. The molecule has 1 N–H and O–H groups in total. The Labute approximate surface area is 183 Å². The van der Waals surface area contributed by atoms with E-state index in [-0.39, 0.29) is 17.3 Å². The van der Waals surface area contributed by atoms with Crippen LogP contribution in [0, 0.1) is 10.1 Å². The number of benzene rings is 2. The summed E-state index contributed by atoms with van der Waals surface area (Å²) in [6.45, 7) is 6.70. The van der Waals surface area contributed by atoms with Crippen molar-refractivity contribution >= 4 is 29.0 Å². The molecule has 1 aromatic heterocycles. The van der Waals surface area contributed by atoms with Gasteiger partial charge in [0.2, 0.25) is 5.91 Å². The topological polar surface area (TPSA) is 112 Å². The highest BCUT2D eigenvalue weighted by molar-refractivity contribution is 7.99. The standard InChI is InChI=1S/C21H21N5O4S/c1-3-13-25-20(17-7-5-6-8-18(17)30-4-2)23-24-21(25)31-14-19(27)22-15-9-11-16(12-10-15)26(28)29/h3,5-12H,1,4,13-14H2,2H3,(H,22,27). The Morgan fingerprint density at radius 1 is 1.26 bits per heavy atom. The van der Waals surface area contributed by atoms with Gasteiger partial charge in [0.15, 0.2) is 11.0 Å². The van der Waals surface area contributed by atoms with E-state index in [2.05, 4.69) is 22.1 Å². The molecule has 3 rings (SSSR count). The van der Waals surface area contributed by atoms with Crippen molar-refractivity contribution < 1.29 is 14.5 Å². The van der Waals surface area contributed by atoms with Gasteiger partial charge in [0, 0.05) is 24.4 Å². The third-order valence-electron chi connectivity index (χ3n) is 4.15.